The Bertz CT molecular complexity index is 440. The molecule has 1 aliphatic carbocycles. The van der Waals surface area contributed by atoms with Gasteiger partial charge in [-0.15, -0.1) is 0 Å². The molecule has 1 saturated carbocycles. The first kappa shape index (κ1) is 13.2. The zero-order chi connectivity index (χ0) is 13.8. The third kappa shape index (κ3) is 3.21. The van der Waals surface area contributed by atoms with E-state index in [2.05, 4.69) is 10.3 Å². The van der Waals surface area contributed by atoms with Gasteiger partial charge in [0.1, 0.15) is 6.10 Å². The van der Waals surface area contributed by atoms with Crippen LogP contribution in [0, 0.1) is 0 Å². The van der Waals surface area contributed by atoms with Crippen molar-refractivity contribution in [1.29, 1.82) is 0 Å². The molecule has 2 aliphatic rings. The van der Waals surface area contributed by atoms with Crippen molar-refractivity contribution in [3.05, 3.63) is 24.4 Å². The lowest BCUT2D eigenvalue weighted by Gasteiger charge is -2.39. The van der Waals surface area contributed by atoms with Crippen molar-refractivity contribution in [1.82, 2.24) is 15.2 Å². The van der Waals surface area contributed by atoms with Crippen molar-refractivity contribution in [3.8, 4) is 5.88 Å². The standard InChI is InChI=1S/C15H21N3O2/c19-15(17-12-6-2-1-3-7-12)18-10-13(11-18)20-14-8-4-5-9-16-14/h4-5,8-9,12-13H,1-3,6-7,10-11H2,(H,17,19). The van der Waals surface area contributed by atoms with Crippen LogP contribution in [0.15, 0.2) is 24.4 Å². The maximum absolute atomic E-state index is 12.0. The molecule has 2 heterocycles. The van der Waals surface area contributed by atoms with Crippen molar-refractivity contribution < 1.29 is 9.53 Å². The number of rotatable bonds is 3. The number of ether oxygens (including phenoxy) is 1. The van der Waals surface area contributed by atoms with Gasteiger partial charge in [0.05, 0.1) is 13.1 Å². The Hall–Kier alpha value is -1.78. The molecule has 1 saturated heterocycles. The molecule has 0 aromatic carbocycles. The van der Waals surface area contributed by atoms with E-state index in [1.165, 1.54) is 19.3 Å². The van der Waals surface area contributed by atoms with Gasteiger partial charge in [0.15, 0.2) is 0 Å². The number of carbonyl (C=O) groups excluding carboxylic acids is 1. The predicted octanol–water partition coefficient (Wildman–Crippen LogP) is 2.19. The second-order valence-corrected chi connectivity index (χ2v) is 5.60. The van der Waals surface area contributed by atoms with Crippen molar-refractivity contribution in [3.63, 3.8) is 0 Å². The highest BCUT2D eigenvalue weighted by molar-refractivity contribution is 5.75. The summed E-state index contributed by atoms with van der Waals surface area (Å²) in [6, 6.07) is 6.02. The van der Waals surface area contributed by atoms with Gasteiger partial charge in [-0.2, -0.15) is 0 Å². The summed E-state index contributed by atoms with van der Waals surface area (Å²) in [7, 11) is 0. The summed E-state index contributed by atoms with van der Waals surface area (Å²) in [6.07, 6.45) is 7.78. The molecule has 3 rings (SSSR count). The van der Waals surface area contributed by atoms with Crippen LogP contribution in [0.4, 0.5) is 4.79 Å². The lowest BCUT2D eigenvalue weighted by molar-refractivity contribution is 0.0400. The van der Waals surface area contributed by atoms with Gasteiger partial charge in [-0.1, -0.05) is 25.3 Å². The molecule has 0 unspecified atom stereocenters. The largest absolute Gasteiger partial charge is 0.471 e. The summed E-state index contributed by atoms with van der Waals surface area (Å²) in [5.41, 5.74) is 0. The fourth-order valence-corrected chi connectivity index (χ4v) is 2.78. The molecule has 1 N–H and O–H groups in total. The second-order valence-electron chi connectivity index (χ2n) is 5.60. The third-order valence-electron chi connectivity index (χ3n) is 3.99. The lowest BCUT2D eigenvalue weighted by Crippen LogP contribution is -2.60. The fraction of sp³-hybridized carbons (Fsp3) is 0.600. The molecule has 5 nitrogen and oxygen atoms in total. The number of carbonyl (C=O) groups is 1. The quantitative estimate of drug-likeness (QED) is 0.920. The molecule has 20 heavy (non-hydrogen) atoms. The van der Waals surface area contributed by atoms with Crippen LogP contribution in [0.25, 0.3) is 0 Å². The minimum atomic E-state index is 0.0535. The molecule has 2 amide bonds. The highest BCUT2D eigenvalue weighted by atomic mass is 16.5. The van der Waals surface area contributed by atoms with E-state index in [4.69, 9.17) is 4.74 Å². The average Bonchev–Trinajstić information content (AvgIpc) is 2.44. The van der Waals surface area contributed by atoms with Crippen LogP contribution in [-0.2, 0) is 0 Å². The molecule has 0 spiro atoms. The summed E-state index contributed by atoms with van der Waals surface area (Å²) in [5.74, 6) is 0.629. The molecule has 1 aromatic rings. The Morgan fingerprint density at radius 1 is 1.25 bits per heavy atom. The summed E-state index contributed by atoms with van der Waals surface area (Å²) < 4.78 is 5.69. The molecule has 5 heteroatoms. The topological polar surface area (TPSA) is 54.5 Å². The first-order chi connectivity index (χ1) is 9.81. The van der Waals surface area contributed by atoms with Crippen LogP contribution in [-0.4, -0.2) is 41.2 Å². The first-order valence-electron chi connectivity index (χ1n) is 7.44. The number of aromatic nitrogens is 1. The number of pyridine rings is 1. The molecule has 0 atom stereocenters. The summed E-state index contributed by atoms with van der Waals surface area (Å²) in [4.78, 5) is 18.0. The lowest BCUT2D eigenvalue weighted by atomic mass is 9.95. The Labute approximate surface area is 119 Å². The van der Waals surface area contributed by atoms with Crippen LogP contribution < -0.4 is 10.1 Å². The normalized spacial score (nSPS) is 20.3. The predicted molar refractivity (Wildman–Crippen MR) is 75.6 cm³/mol. The highest BCUT2D eigenvalue weighted by Gasteiger charge is 2.33. The molecular formula is C15H21N3O2. The van der Waals surface area contributed by atoms with Crippen molar-refractivity contribution in [2.24, 2.45) is 0 Å². The monoisotopic (exact) mass is 275 g/mol. The number of amides is 2. The third-order valence-corrected chi connectivity index (χ3v) is 3.99. The minimum absolute atomic E-state index is 0.0535. The van der Waals surface area contributed by atoms with Crippen LogP contribution in [0.3, 0.4) is 0 Å². The van der Waals surface area contributed by atoms with E-state index in [9.17, 15) is 4.79 Å². The summed E-state index contributed by atoms with van der Waals surface area (Å²) in [5, 5.41) is 3.12. The SMILES string of the molecule is O=C(NC1CCCCC1)N1CC(Oc2ccccn2)C1. The van der Waals surface area contributed by atoms with Gasteiger partial charge in [-0.25, -0.2) is 9.78 Å². The number of nitrogens with one attached hydrogen (secondary N) is 1. The van der Waals surface area contributed by atoms with E-state index in [1.807, 2.05) is 23.1 Å². The summed E-state index contributed by atoms with van der Waals surface area (Å²) >= 11 is 0. The van der Waals surface area contributed by atoms with Crippen LogP contribution >= 0.6 is 0 Å². The van der Waals surface area contributed by atoms with Gasteiger partial charge < -0.3 is 15.0 Å². The van der Waals surface area contributed by atoms with E-state index >= 15 is 0 Å². The Morgan fingerprint density at radius 3 is 2.75 bits per heavy atom. The molecule has 2 fully saturated rings. The van der Waals surface area contributed by atoms with Crippen LogP contribution in [0.1, 0.15) is 32.1 Å². The van der Waals surface area contributed by atoms with E-state index in [-0.39, 0.29) is 12.1 Å². The highest BCUT2D eigenvalue weighted by Crippen LogP contribution is 2.19. The molecule has 1 aliphatic heterocycles. The minimum Gasteiger partial charge on any atom is -0.471 e. The summed E-state index contributed by atoms with van der Waals surface area (Å²) in [6.45, 7) is 1.30. The van der Waals surface area contributed by atoms with Gasteiger partial charge in [0.2, 0.25) is 5.88 Å². The molecule has 108 valence electrons. The zero-order valence-electron chi connectivity index (χ0n) is 11.6. The van der Waals surface area contributed by atoms with E-state index in [0.717, 1.165) is 12.8 Å². The number of hydrogen-bond donors (Lipinski definition) is 1. The van der Waals surface area contributed by atoms with Gasteiger partial charge >= 0.3 is 6.03 Å². The van der Waals surface area contributed by atoms with Crippen molar-refractivity contribution in [2.75, 3.05) is 13.1 Å². The zero-order valence-corrected chi connectivity index (χ0v) is 11.6. The number of nitrogens with zero attached hydrogens (tertiary/aromatic N) is 2. The van der Waals surface area contributed by atoms with Gasteiger partial charge in [-0.05, 0) is 18.9 Å². The van der Waals surface area contributed by atoms with Gasteiger partial charge in [-0.3, -0.25) is 0 Å². The van der Waals surface area contributed by atoms with E-state index in [1.54, 1.807) is 6.20 Å². The smallest absolute Gasteiger partial charge is 0.317 e. The Morgan fingerprint density at radius 2 is 2.05 bits per heavy atom. The van der Waals surface area contributed by atoms with E-state index in [0.29, 0.717) is 25.0 Å². The maximum atomic E-state index is 12.0. The molecule has 0 radical (unpaired) electrons. The molecular weight excluding hydrogens is 254 g/mol. The Kier molecular flexibility index (Phi) is 4.04. The van der Waals surface area contributed by atoms with Gasteiger partial charge in [0.25, 0.3) is 0 Å². The van der Waals surface area contributed by atoms with Gasteiger partial charge in [0, 0.05) is 18.3 Å². The number of hydrogen-bond acceptors (Lipinski definition) is 3. The first-order valence-corrected chi connectivity index (χ1v) is 7.44. The molecule has 0 bridgehead atoms. The second kappa shape index (κ2) is 6.11. The number of likely N-dealkylation sites (tertiary alicyclic amines) is 1. The fourth-order valence-electron chi connectivity index (χ4n) is 2.78. The maximum Gasteiger partial charge on any atom is 0.317 e. The van der Waals surface area contributed by atoms with E-state index < -0.39 is 0 Å². The van der Waals surface area contributed by atoms with Crippen LogP contribution in [0.2, 0.25) is 0 Å². The average molecular weight is 275 g/mol. The van der Waals surface area contributed by atoms with Crippen molar-refractivity contribution in [2.45, 2.75) is 44.2 Å². The number of urea groups is 1. The van der Waals surface area contributed by atoms with Crippen molar-refractivity contribution >= 4 is 6.03 Å². The Balaban J connectivity index is 1.40. The van der Waals surface area contributed by atoms with Crippen LogP contribution in [0.5, 0.6) is 5.88 Å². The molecule has 1 aromatic heterocycles.